The lowest BCUT2D eigenvalue weighted by Gasteiger charge is -2.15. The molecule has 1 aromatic carbocycles. The number of benzene rings is 1. The Morgan fingerprint density at radius 1 is 1.42 bits per heavy atom. The van der Waals surface area contributed by atoms with Crippen LogP contribution in [-0.4, -0.2) is 37.9 Å². The average Bonchev–Trinajstić information content (AvgIpc) is 2.38. The highest BCUT2D eigenvalue weighted by Crippen LogP contribution is 2.17. The summed E-state index contributed by atoms with van der Waals surface area (Å²) in [6, 6.07) is 6.83. The molecular weight excluding hydrogens is 244 g/mol. The molecule has 1 unspecified atom stereocenters. The maximum atomic E-state index is 11.4. The van der Waals surface area contributed by atoms with Gasteiger partial charge in [0.05, 0.1) is 0 Å². The summed E-state index contributed by atoms with van der Waals surface area (Å²) in [5.74, 6) is 3.02. The van der Waals surface area contributed by atoms with Gasteiger partial charge in [0.15, 0.2) is 6.29 Å². The fraction of sp³-hybridized carbons (Fsp3) is 0.357. The summed E-state index contributed by atoms with van der Waals surface area (Å²) in [5.41, 5.74) is 0.697. The molecule has 1 N–H and O–H groups in total. The third-order valence-electron chi connectivity index (χ3n) is 2.22. The van der Waals surface area contributed by atoms with Crippen LogP contribution in [0, 0.1) is 12.3 Å². The Bertz CT molecular complexity index is 449. The number of amides is 2. The van der Waals surface area contributed by atoms with Crippen LogP contribution in [0.4, 0.5) is 10.5 Å². The van der Waals surface area contributed by atoms with Gasteiger partial charge in [-0.15, -0.1) is 6.42 Å². The Labute approximate surface area is 113 Å². The maximum absolute atomic E-state index is 11.4. The molecule has 0 spiro atoms. The molecule has 2 amide bonds. The third-order valence-corrected chi connectivity index (χ3v) is 2.22. The van der Waals surface area contributed by atoms with Crippen molar-refractivity contribution in [3.63, 3.8) is 0 Å². The van der Waals surface area contributed by atoms with E-state index in [0.717, 1.165) is 0 Å². The summed E-state index contributed by atoms with van der Waals surface area (Å²) in [7, 11) is 3.36. The molecule has 0 aliphatic rings. The number of carbonyl (C=O) groups is 1. The van der Waals surface area contributed by atoms with Gasteiger partial charge in [-0.05, 0) is 31.2 Å². The summed E-state index contributed by atoms with van der Waals surface area (Å²) in [6.45, 7) is 1.97. The molecule has 0 aliphatic carbocycles. The summed E-state index contributed by atoms with van der Waals surface area (Å²) >= 11 is 0. The second-order valence-corrected chi connectivity index (χ2v) is 4.05. The fourth-order valence-corrected chi connectivity index (χ4v) is 1.24. The van der Waals surface area contributed by atoms with Crippen LogP contribution in [0.15, 0.2) is 24.3 Å². The Hall–Kier alpha value is -2.19. The number of anilines is 1. The van der Waals surface area contributed by atoms with Gasteiger partial charge < -0.3 is 19.7 Å². The Morgan fingerprint density at radius 2 is 2.05 bits per heavy atom. The quantitative estimate of drug-likeness (QED) is 0.653. The molecule has 0 radical (unpaired) electrons. The number of urea groups is 1. The van der Waals surface area contributed by atoms with Crippen LogP contribution < -0.4 is 10.1 Å². The molecule has 0 heterocycles. The number of rotatable bonds is 5. The average molecular weight is 262 g/mol. The van der Waals surface area contributed by atoms with Crippen molar-refractivity contribution in [2.45, 2.75) is 13.2 Å². The number of hydrogen-bond donors (Lipinski definition) is 1. The lowest BCUT2D eigenvalue weighted by molar-refractivity contribution is -0.0527. The number of nitrogens with zero attached hydrogens (tertiary/aromatic N) is 1. The van der Waals surface area contributed by atoms with Gasteiger partial charge in [0.2, 0.25) is 0 Å². The van der Waals surface area contributed by atoms with Crippen molar-refractivity contribution in [1.29, 1.82) is 0 Å². The van der Waals surface area contributed by atoms with E-state index in [9.17, 15) is 4.79 Å². The van der Waals surface area contributed by atoms with Crippen molar-refractivity contribution in [3.8, 4) is 18.1 Å². The molecule has 19 heavy (non-hydrogen) atoms. The predicted molar refractivity (Wildman–Crippen MR) is 74.0 cm³/mol. The normalized spacial score (nSPS) is 11.3. The van der Waals surface area contributed by atoms with Gasteiger partial charge in [-0.25, -0.2) is 4.79 Å². The second kappa shape index (κ2) is 7.29. The molecule has 0 saturated carbocycles. The van der Waals surface area contributed by atoms with Crippen molar-refractivity contribution in [2.24, 2.45) is 0 Å². The van der Waals surface area contributed by atoms with Crippen molar-refractivity contribution in [3.05, 3.63) is 24.3 Å². The fourth-order valence-electron chi connectivity index (χ4n) is 1.24. The van der Waals surface area contributed by atoms with Gasteiger partial charge in [-0.3, -0.25) is 0 Å². The van der Waals surface area contributed by atoms with E-state index in [1.807, 2.05) is 0 Å². The van der Waals surface area contributed by atoms with E-state index >= 15 is 0 Å². The Morgan fingerprint density at radius 3 is 2.58 bits per heavy atom. The van der Waals surface area contributed by atoms with E-state index in [-0.39, 0.29) is 12.6 Å². The lowest BCUT2D eigenvalue weighted by atomic mass is 10.3. The molecular formula is C14H18N2O3. The summed E-state index contributed by atoms with van der Waals surface area (Å²) in [4.78, 5) is 12.9. The van der Waals surface area contributed by atoms with E-state index in [1.165, 1.54) is 4.90 Å². The predicted octanol–water partition coefficient (Wildman–Crippen LogP) is 2.15. The van der Waals surface area contributed by atoms with Gasteiger partial charge in [0, 0.05) is 19.8 Å². The molecule has 1 rings (SSSR count). The van der Waals surface area contributed by atoms with Crippen LogP contribution in [0.2, 0.25) is 0 Å². The minimum absolute atomic E-state index is 0.181. The second-order valence-electron chi connectivity index (χ2n) is 4.05. The van der Waals surface area contributed by atoms with Crippen molar-refractivity contribution >= 4 is 11.7 Å². The first-order valence-electron chi connectivity index (χ1n) is 5.83. The molecule has 0 saturated heterocycles. The molecule has 0 aromatic heterocycles. The van der Waals surface area contributed by atoms with Crippen molar-refractivity contribution in [1.82, 2.24) is 4.90 Å². The van der Waals surface area contributed by atoms with Crippen LogP contribution in [-0.2, 0) is 4.74 Å². The van der Waals surface area contributed by atoms with Gasteiger partial charge in [0.25, 0.3) is 0 Å². The highest BCUT2D eigenvalue weighted by atomic mass is 16.7. The molecule has 102 valence electrons. The zero-order valence-corrected chi connectivity index (χ0v) is 11.3. The van der Waals surface area contributed by atoms with Gasteiger partial charge in [0.1, 0.15) is 12.4 Å². The van der Waals surface area contributed by atoms with E-state index in [4.69, 9.17) is 15.9 Å². The van der Waals surface area contributed by atoms with Crippen LogP contribution in [0.25, 0.3) is 0 Å². The van der Waals surface area contributed by atoms with Gasteiger partial charge in [-0.1, -0.05) is 5.92 Å². The maximum Gasteiger partial charge on any atom is 0.321 e. The van der Waals surface area contributed by atoms with Crippen LogP contribution >= 0.6 is 0 Å². The van der Waals surface area contributed by atoms with Crippen LogP contribution in [0.3, 0.4) is 0 Å². The molecule has 1 atom stereocenters. The van der Waals surface area contributed by atoms with E-state index in [2.05, 4.69) is 11.2 Å². The standard InChI is InChI=1S/C14H18N2O3/c1-5-10-18-11(2)19-13-8-6-12(7-9-13)15-14(17)16(3)4/h1,6-9,11H,10H2,2-4H3,(H,15,17). The molecule has 0 fully saturated rings. The highest BCUT2D eigenvalue weighted by molar-refractivity contribution is 5.88. The van der Waals surface area contributed by atoms with Gasteiger partial charge in [-0.2, -0.15) is 0 Å². The monoisotopic (exact) mass is 262 g/mol. The zero-order valence-electron chi connectivity index (χ0n) is 11.3. The van der Waals surface area contributed by atoms with E-state index < -0.39 is 6.29 Å². The van der Waals surface area contributed by atoms with Crippen LogP contribution in [0.1, 0.15) is 6.92 Å². The first kappa shape index (κ1) is 14.9. The minimum atomic E-state index is -0.418. The topological polar surface area (TPSA) is 50.8 Å². The minimum Gasteiger partial charge on any atom is -0.465 e. The van der Waals surface area contributed by atoms with E-state index in [0.29, 0.717) is 11.4 Å². The van der Waals surface area contributed by atoms with Crippen molar-refractivity contribution < 1.29 is 14.3 Å². The molecule has 5 heteroatoms. The van der Waals surface area contributed by atoms with E-state index in [1.54, 1.807) is 45.3 Å². The SMILES string of the molecule is C#CCOC(C)Oc1ccc(NC(=O)N(C)C)cc1. The summed E-state index contributed by atoms with van der Waals surface area (Å²) < 4.78 is 10.7. The number of terminal acetylenes is 1. The van der Waals surface area contributed by atoms with Crippen LogP contribution in [0.5, 0.6) is 5.75 Å². The lowest BCUT2D eigenvalue weighted by Crippen LogP contribution is -2.27. The molecule has 1 aromatic rings. The molecule has 0 aliphatic heterocycles. The number of hydrogen-bond acceptors (Lipinski definition) is 3. The number of carbonyl (C=O) groups excluding carboxylic acids is 1. The first-order chi connectivity index (χ1) is 9.02. The number of nitrogens with one attached hydrogen (secondary N) is 1. The zero-order chi connectivity index (χ0) is 14.3. The Balaban J connectivity index is 2.52. The third kappa shape index (κ3) is 5.32. The summed E-state index contributed by atoms with van der Waals surface area (Å²) in [5, 5.41) is 2.73. The number of ether oxygens (including phenoxy) is 2. The van der Waals surface area contributed by atoms with Gasteiger partial charge >= 0.3 is 6.03 Å². The first-order valence-corrected chi connectivity index (χ1v) is 5.83. The molecule has 5 nitrogen and oxygen atoms in total. The largest absolute Gasteiger partial charge is 0.465 e. The smallest absolute Gasteiger partial charge is 0.321 e. The summed E-state index contributed by atoms with van der Waals surface area (Å²) in [6.07, 6.45) is 4.67. The Kier molecular flexibility index (Phi) is 5.71. The molecule has 0 bridgehead atoms. The van der Waals surface area contributed by atoms with Crippen molar-refractivity contribution in [2.75, 3.05) is 26.0 Å². The highest BCUT2D eigenvalue weighted by Gasteiger charge is 2.05.